The Bertz CT molecular complexity index is 82.1. The van der Waals surface area contributed by atoms with E-state index < -0.39 is 4.76 Å². The second kappa shape index (κ2) is 2.74. The van der Waals surface area contributed by atoms with E-state index in [4.69, 9.17) is 0 Å². The summed E-state index contributed by atoms with van der Waals surface area (Å²) in [6.45, 7) is 2.10. The van der Waals surface area contributed by atoms with Crippen LogP contribution in [0.2, 0.25) is 0 Å². The highest BCUT2D eigenvalue weighted by Crippen LogP contribution is 1.99. The van der Waals surface area contributed by atoms with Crippen LogP contribution in [-0.2, 0) is 0 Å². The van der Waals surface area contributed by atoms with Crippen LogP contribution < -0.4 is 0 Å². The summed E-state index contributed by atoms with van der Waals surface area (Å²) < 4.78 is -1.02. The zero-order valence-corrected chi connectivity index (χ0v) is 5.13. The molecule has 0 saturated heterocycles. The van der Waals surface area contributed by atoms with Crippen LogP contribution in [0.1, 0.15) is 13.3 Å². The van der Waals surface area contributed by atoms with Crippen molar-refractivity contribution in [3.8, 4) is 0 Å². The molecule has 0 aromatic heterocycles. The molecule has 8 heavy (non-hydrogen) atoms. The summed E-state index contributed by atoms with van der Waals surface area (Å²) in [6, 6.07) is 0. The predicted octanol–water partition coefficient (Wildman–Crippen LogP) is 1.02. The van der Waals surface area contributed by atoms with Crippen LogP contribution >= 0.6 is 0 Å². The number of nitroso groups, excluding NO2 is 1. The predicted molar refractivity (Wildman–Crippen MR) is 30.5 cm³/mol. The quantitative estimate of drug-likeness (QED) is 0.315. The van der Waals surface area contributed by atoms with Gasteiger partial charge < -0.3 is 5.21 Å². The maximum Gasteiger partial charge on any atom is 0.153 e. The summed E-state index contributed by atoms with van der Waals surface area (Å²) in [5, 5.41) is 12.9. The van der Waals surface area contributed by atoms with Crippen molar-refractivity contribution in [3.05, 3.63) is 10.1 Å². The van der Waals surface area contributed by atoms with E-state index in [1.54, 1.807) is 0 Å². The summed E-state index contributed by atoms with van der Waals surface area (Å²) >= 11 is 0. The molecular formula is C4H10N2O2. The van der Waals surface area contributed by atoms with E-state index in [0.717, 1.165) is 0 Å². The van der Waals surface area contributed by atoms with E-state index in [9.17, 15) is 10.1 Å². The van der Waals surface area contributed by atoms with Gasteiger partial charge in [-0.3, -0.25) is 0 Å². The number of nitrogens with zero attached hydrogens (tertiary/aromatic N) is 2. The van der Waals surface area contributed by atoms with Gasteiger partial charge in [-0.2, -0.15) is 4.76 Å². The summed E-state index contributed by atoms with van der Waals surface area (Å²) in [7, 11) is 1.23. The number of hydrogen-bond donors (Lipinski definition) is 0. The van der Waals surface area contributed by atoms with Crippen LogP contribution in [0.25, 0.3) is 0 Å². The largest absolute Gasteiger partial charge is 0.602 e. The van der Waals surface area contributed by atoms with Gasteiger partial charge in [-0.1, -0.05) is 11.8 Å². The van der Waals surface area contributed by atoms with Gasteiger partial charge in [0.2, 0.25) is 0 Å². The Labute approximate surface area is 48.2 Å². The second-order valence-electron chi connectivity index (χ2n) is 1.86. The van der Waals surface area contributed by atoms with Crippen LogP contribution in [0.3, 0.4) is 0 Å². The molecule has 0 rings (SSSR count). The fraction of sp³-hybridized carbons (Fsp3) is 1.00. The minimum Gasteiger partial charge on any atom is -0.602 e. The normalized spacial score (nSPS) is 17.4. The Morgan fingerprint density at radius 2 is 2.25 bits per heavy atom. The molecule has 0 N–H and O–H groups in total. The van der Waals surface area contributed by atoms with Crippen LogP contribution in [0.5, 0.6) is 0 Å². The van der Waals surface area contributed by atoms with Crippen molar-refractivity contribution in [3.63, 3.8) is 0 Å². The van der Waals surface area contributed by atoms with Crippen molar-refractivity contribution in [2.75, 3.05) is 13.6 Å². The molecule has 0 fully saturated rings. The monoisotopic (exact) mass is 118 g/mol. The van der Waals surface area contributed by atoms with Crippen molar-refractivity contribution in [1.82, 2.24) is 0 Å². The molecule has 0 amide bonds. The van der Waals surface area contributed by atoms with Gasteiger partial charge in [-0.25, -0.2) is 0 Å². The van der Waals surface area contributed by atoms with E-state index in [-0.39, 0.29) is 6.54 Å². The summed E-state index contributed by atoms with van der Waals surface area (Å²) in [6.07, 6.45) is 0.686. The summed E-state index contributed by atoms with van der Waals surface area (Å²) in [5.74, 6) is 0. The highest BCUT2D eigenvalue weighted by atomic mass is 16.6. The Morgan fingerprint density at radius 1 is 1.75 bits per heavy atom. The molecule has 0 bridgehead atoms. The number of hydrogen-bond acceptors (Lipinski definition) is 3. The second-order valence-corrected chi connectivity index (χ2v) is 1.86. The molecule has 1 atom stereocenters. The molecular weight excluding hydrogens is 108 g/mol. The Kier molecular flexibility index (Phi) is 2.57. The third kappa shape index (κ3) is 2.65. The van der Waals surface area contributed by atoms with Gasteiger partial charge in [0.25, 0.3) is 0 Å². The van der Waals surface area contributed by atoms with Gasteiger partial charge >= 0.3 is 0 Å². The van der Waals surface area contributed by atoms with E-state index in [1.807, 2.05) is 6.92 Å². The molecule has 0 aliphatic rings. The number of hydroxylamine groups is 2. The molecule has 48 valence electrons. The lowest BCUT2D eigenvalue weighted by atomic mass is 10.5. The van der Waals surface area contributed by atoms with Crippen LogP contribution in [-0.4, -0.2) is 18.3 Å². The zero-order chi connectivity index (χ0) is 6.62. The lowest BCUT2D eigenvalue weighted by Gasteiger charge is -2.25. The van der Waals surface area contributed by atoms with Crippen LogP contribution in [0, 0.1) is 10.1 Å². The highest BCUT2D eigenvalue weighted by molar-refractivity contribution is 4.27. The van der Waals surface area contributed by atoms with Gasteiger partial charge in [-0.05, 0) is 6.42 Å². The summed E-state index contributed by atoms with van der Waals surface area (Å²) in [4.78, 5) is 9.63. The van der Waals surface area contributed by atoms with E-state index >= 15 is 0 Å². The molecule has 0 aromatic rings. The lowest BCUT2D eigenvalue weighted by Crippen LogP contribution is -2.30. The first kappa shape index (κ1) is 7.52. The molecule has 0 heterocycles. The topological polar surface area (TPSA) is 52.5 Å². The average Bonchev–Trinajstić information content (AvgIpc) is 1.67. The highest BCUT2D eigenvalue weighted by Gasteiger charge is 2.06. The number of quaternary nitrogens is 1. The first-order valence-electron chi connectivity index (χ1n) is 2.54. The van der Waals surface area contributed by atoms with Crippen LogP contribution in [0.4, 0.5) is 0 Å². The van der Waals surface area contributed by atoms with Crippen molar-refractivity contribution in [2.24, 2.45) is 5.29 Å². The van der Waals surface area contributed by atoms with Gasteiger partial charge in [0, 0.05) is 0 Å². The molecule has 0 spiro atoms. The Balaban J connectivity index is 3.53. The third-order valence-electron chi connectivity index (χ3n) is 0.811. The zero-order valence-electron chi connectivity index (χ0n) is 5.13. The minimum absolute atomic E-state index is 0.267. The first-order chi connectivity index (χ1) is 3.62. The van der Waals surface area contributed by atoms with Gasteiger partial charge in [0.15, 0.2) is 5.29 Å². The Morgan fingerprint density at radius 3 is 2.38 bits per heavy atom. The molecule has 0 aliphatic heterocycles. The maximum absolute atomic E-state index is 10.5. The maximum atomic E-state index is 10.5. The Hall–Kier alpha value is -0.480. The molecule has 1 unspecified atom stereocenters. The molecule has 0 saturated carbocycles. The lowest BCUT2D eigenvalue weighted by molar-refractivity contribution is -0.869. The molecule has 0 radical (unpaired) electrons. The van der Waals surface area contributed by atoms with Crippen molar-refractivity contribution >= 4 is 0 Å². The first-order valence-corrected chi connectivity index (χ1v) is 2.54. The van der Waals surface area contributed by atoms with Crippen molar-refractivity contribution in [1.29, 1.82) is 0 Å². The van der Waals surface area contributed by atoms with Crippen molar-refractivity contribution < 1.29 is 4.76 Å². The summed E-state index contributed by atoms with van der Waals surface area (Å²) in [5.41, 5.74) is 0. The van der Waals surface area contributed by atoms with Crippen molar-refractivity contribution in [2.45, 2.75) is 13.3 Å². The standard InChI is InChI=1S/C4H10N2O2/c1-3-4-6(2,8)5-7/h3-4H2,1-2H3. The molecule has 0 aromatic carbocycles. The van der Waals surface area contributed by atoms with E-state index in [2.05, 4.69) is 5.29 Å². The van der Waals surface area contributed by atoms with Gasteiger partial charge in [-0.15, -0.1) is 0 Å². The molecule has 4 heteroatoms. The smallest absolute Gasteiger partial charge is 0.153 e. The van der Waals surface area contributed by atoms with E-state index in [0.29, 0.717) is 6.42 Å². The minimum atomic E-state index is -1.02. The number of rotatable bonds is 3. The SMILES string of the molecule is CCC[N+](C)([O-])N=O. The van der Waals surface area contributed by atoms with Crippen LogP contribution in [0.15, 0.2) is 5.29 Å². The van der Waals surface area contributed by atoms with E-state index in [1.165, 1.54) is 7.05 Å². The fourth-order valence-corrected chi connectivity index (χ4v) is 0.456. The van der Waals surface area contributed by atoms with Gasteiger partial charge in [0.05, 0.1) is 7.05 Å². The third-order valence-corrected chi connectivity index (χ3v) is 0.811. The average molecular weight is 118 g/mol. The molecule has 0 aliphatic carbocycles. The fourth-order valence-electron chi connectivity index (χ4n) is 0.456. The molecule has 4 nitrogen and oxygen atoms in total. The van der Waals surface area contributed by atoms with Gasteiger partial charge in [0.1, 0.15) is 6.54 Å².